The number of unbranched alkanes of at least 4 members (excludes halogenated alkanes) is 1. The van der Waals surface area contributed by atoms with Crippen LogP contribution < -0.4 is 15.5 Å². The number of carbonyl (C=O) groups excluding carboxylic acids is 3. The van der Waals surface area contributed by atoms with Crippen LogP contribution in [-0.2, 0) is 27.2 Å². The lowest BCUT2D eigenvalue weighted by atomic mass is 9.95. The summed E-state index contributed by atoms with van der Waals surface area (Å²) in [6.07, 6.45) is 7.11. The SMILES string of the molecule is CCCCOc1ccc(/C=N\NC(=O)C(=O)Nc2sc3c(c2C(=O)OCC)CCCC3)cc1. The van der Waals surface area contributed by atoms with Gasteiger partial charge in [0.1, 0.15) is 10.8 Å². The minimum atomic E-state index is -0.924. The minimum Gasteiger partial charge on any atom is -0.494 e. The number of hydrazone groups is 1. The van der Waals surface area contributed by atoms with E-state index >= 15 is 0 Å². The number of aryl methyl sites for hydroxylation is 1. The van der Waals surface area contributed by atoms with Crippen LogP contribution in [0.25, 0.3) is 0 Å². The largest absolute Gasteiger partial charge is 0.494 e. The Morgan fingerprint density at radius 1 is 1.09 bits per heavy atom. The fourth-order valence-corrected chi connectivity index (χ4v) is 4.71. The van der Waals surface area contributed by atoms with Gasteiger partial charge in [0.2, 0.25) is 0 Å². The summed E-state index contributed by atoms with van der Waals surface area (Å²) in [5.41, 5.74) is 4.24. The third-order valence-electron chi connectivity index (χ3n) is 5.11. The summed E-state index contributed by atoms with van der Waals surface area (Å²) in [4.78, 5) is 38.2. The molecule has 0 radical (unpaired) electrons. The normalized spacial score (nSPS) is 12.8. The molecule has 0 unspecified atom stereocenters. The smallest absolute Gasteiger partial charge is 0.341 e. The molecule has 176 valence electrons. The number of carbonyl (C=O) groups is 3. The molecule has 1 aromatic carbocycles. The van der Waals surface area contributed by atoms with E-state index in [1.807, 2.05) is 12.1 Å². The molecule has 9 heteroatoms. The third-order valence-corrected chi connectivity index (χ3v) is 6.32. The van der Waals surface area contributed by atoms with Crippen LogP contribution in [0.2, 0.25) is 0 Å². The van der Waals surface area contributed by atoms with Crippen molar-refractivity contribution in [3.8, 4) is 5.75 Å². The van der Waals surface area contributed by atoms with E-state index < -0.39 is 17.8 Å². The zero-order chi connectivity index (χ0) is 23.6. The number of rotatable bonds is 9. The van der Waals surface area contributed by atoms with Gasteiger partial charge in [-0.1, -0.05) is 13.3 Å². The summed E-state index contributed by atoms with van der Waals surface area (Å²) in [5.74, 6) is -1.53. The Hall–Kier alpha value is -3.20. The van der Waals surface area contributed by atoms with Crippen molar-refractivity contribution in [1.82, 2.24) is 5.43 Å². The topological polar surface area (TPSA) is 106 Å². The number of amides is 2. The average Bonchev–Trinajstić information content (AvgIpc) is 3.18. The molecule has 0 fully saturated rings. The van der Waals surface area contributed by atoms with Crippen molar-refractivity contribution in [3.63, 3.8) is 0 Å². The van der Waals surface area contributed by atoms with Crippen molar-refractivity contribution in [2.45, 2.75) is 52.4 Å². The summed E-state index contributed by atoms with van der Waals surface area (Å²) >= 11 is 1.33. The molecule has 0 spiro atoms. The van der Waals surface area contributed by atoms with E-state index in [0.717, 1.165) is 60.3 Å². The summed E-state index contributed by atoms with van der Waals surface area (Å²) in [7, 11) is 0. The van der Waals surface area contributed by atoms with Crippen molar-refractivity contribution in [1.29, 1.82) is 0 Å². The van der Waals surface area contributed by atoms with Crippen molar-refractivity contribution < 1.29 is 23.9 Å². The van der Waals surface area contributed by atoms with Gasteiger partial charge in [0.05, 0.1) is 25.0 Å². The predicted octanol–water partition coefficient (Wildman–Crippen LogP) is 4.07. The van der Waals surface area contributed by atoms with Gasteiger partial charge in [-0.25, -0.2) is 10.2 Å². The van der Waals surface area contributed by atoms with Crippen LogP contribution in [0.1, 0.15) is 65.9 Å². The first-order valence-electron chi connectivity index (χ1n) is 11.2. The fraction of sp³-hybridized carbons (Fsp3) is 0.417. The van der Waals surface area contributed by atoms with Crippen molar-refractivity contribution >= 4 is 40.3 Å². The lowest BCUT2D eigenvalue weighted by Gasteiger charge is -2.12. The summed E-state index contributed by atoms with van der Waals surface area (Å²) in [6, 6.07) is 7.25. The van der Waals surface area contributed by atoms with Crippen molar-refractivity contribution in [2.75, 3.05) is 18.5 Å². The number of hydrogen-bond donors (Lipinski definition) is 2. The van der Waals surface area contributed by atoms with Gasteiger partial charge >= 0.3 is 17.8 Å². The van der Waals surface area contributed by atoms with Gasteiger partial charge in [0.15, 0.2) is 0 Å². The fourth-order valence-electron chi connectivity index (χ4n) is 3.43. The van der Waals surface area contributed by atoms with Gasteiger partial charge in [0.25, 0.3) is 0 Å². The molecule has 2 amide bonds. The molecule has 1 aromatic heterocycles. The molecule has 2 N–H and O–H groups in total. The van der Waals surface area contributed by atoms with Gasteiger partial charge in [-0.2, -0.15) is 5.10 Å². The summed E-state index contributed by atoms with van der Waals surface area (Å²) in [5, 5.41) is 6.76. The van der Waals surface area contributed by atoms with E-state index in [-0.39, 0.29) is 6.61 Å². The molecule has 33 heavy (non-hydrogen) atoms. The molecule has 1 aliphatic carbocycles. The molecule has 0 saturated heterocycles. The third kappa shape index (κ3) is 6.64. The highest BCUT2D eigenvalue weighted by Crippen LogP contribution is 2.38. The molecular weight excluding hydrogens is 442 g/mol. The molecule has 2 aromatic rings. The van der Waals surface area contributed by atoms with Crippen LogP contribution >= 0.6 is 11.3 Å². The van der Waals surface area contributed by atoms with Gasteiger partial charge in [-0.15, -0.1) is 11.3 Å². The number of ether oxygens (including phenoxy) is 2. The predicted molar refractivity (Wildman–Crippen MR) is 128 cm³/mol. The maximum Gasteiger partial charge on any atom is 0.341 e. The first-order valence-corrected chi connectivity index (χ1v) is 12.0. The molecule has 1 heterocycles. The van der Waals surface area contributed by atoms with E-state index in [1.54, 1.807) is 19.1 Å². The second kappa shape index (κ2) is 12.2. The number of thiophene rings is 1. The van der Waals surface area contributed by atoms with Gasteiger partial charge in [-0.3, -0.25) is 9.59 Å². The maximum atomic E-state index is 12.5. The number of benzene rings is 1. The zero-order valence-electron chi connectivity index (χ0n) is 18.9. The molecule has 3 rings (SSSR count). The second-order valence-corrected chi connectivity index (χ2v) is 8.66. The van der Waals surface area contributed by atoms with E-state index in [4.69, 9.17) is 9.47 Å². The molecule has 1 aliphatic rings. The van der Waals surface area contributed by atoms with E-state index in [2.05, 4.69) is 22.8 Å². The number of nitrogens with zero attached hydrogens (tertiary/aromatic N) is 1. The Labute approximate surface area is 197 Å². The average molecular weight is 472 g/mol. The molecule has 0 aliphatic heterocycles. The highest BCUT2D eigenvalue weighted by atomic mass is 32.1. The number of anilines is 1. The van der Waals surface area contributed by atoms with Gasteiger partial charge in [0, 0.05) is 4.88 Å². The first kappa shape index (κ1) is 24.4. The van der Waals surface area contributed by atoms with Crippen LogP contribution in [0, 0.1) is 0 Å². The summed E-state index contributed by atoms with van der Waals surface area (Å²) in [6.45, 7) is 4.73. The Morgan fingerprint density at radius 2 is 1.85 bits per heavy atom. The Morgan fingerprint density at radius 3 is 2.58 bits per heavy atom. The van der Waals surface area contributed by atoms with E-state index in [9.17, 15) is 14.4 Å². The van der Waals surface area contributed by atoms with Crippen LogP contribution in [0.3, 0.4) is 0 Å². The highest BCUT2D eigenvalue weighted by Gasteiger charge is 2.28. The van der Waals surface area contributed by atoms with Crippen LogP contribution in [0.4, 0.5) is 5.00 Å². The molecule has 0 saturated carbocycles. The zero-order valence-corrected chi connectivity index (χ0v) is 19.8. The van der Waals surface area contributed by atoms with E-state index in [0.29, 0.717) is 17.2 Å². The number of hydrogen-bond acceptors (Lipinski definition) is 7. The van der Waals surface area contributed by atoms with Crippen molar-refractivity contribution in [3.05, 3.63) is 45.8 Å². The lowest BCUT2D eigenvalue weighted by Crippen LogP contribution is -2.32. The van der Waals surface area contributed by atoms with E-state index in [1.165, 1.54) is 17.6 Å². The maximum absolute atomic E-state index is 12.5. The van der Waals surface area contributed by atoms with Crippen LogP contribution in [0.15, 0.2) is 29.4 Å². The van der Waals surface area contributed by atoms with Crippen LogP contribution in [0.5, 0.6) is 5.75 Å². The van der Waals surface area contributed by atoms with Gasteiger partial charge in [-0.05, 0) is 74.4 Å². The monoisotopic (exact) mass is 471 g/mol. The molecule has 0 atom stereocenters. The van der Waals surface area contributed by atoms with Crippen molar-refractivity contribution in [2.24, 2.45) is 5.10 Å². The standard InChI is InChI=1S/C24H29N3O5S/c1-3-5-14-32-17-12-10-16(11-13-17)15-25-27-22(29)21(28)26-23-20(24(30)31-4-2)18-8-6-7-9-19(18)33-23/h10-13,15H,3-9,14H2,1-2H3,(H,26,28)(H,27,29)/b25-15-. The number of fused-ring (bicyclic) bond motifs is 1. The molecular formula is C24H29N3O5S. The Kier molecular flexibility index (Phi) is 9.00. The Bertz CT molecular complexity index is 1010. The number of esters is 1. The molecule has 0 bridgehead atoms. The first-order chi connectivity index (χ1) is 16.0. The minimum absolute atomic E-state index is 0.234. The van der Waals surface area contributed by atoms with Gasteiger partial charge < -0.3 is 14.8 Å². The Balaban J connectivity index is 1.59. The van der Waals surface area contributed by atoms with Crippen LogP contribution in [-0.4, -0.2) is 37.2 Å². The number of nitrogens with one attached hydrogen (secondary N) is 2. The lowest BCUT2D eigenvalue weighted by molar-refractivity contribution is -0.136. The quantitative estimate of drug-likeness (QED) is 0.189. The summed E-state index contributed by atoms with van der Waals surface area (Å²) < 4.78 is 10.8. The molecule has 8 nitrogen and oxygen atoms in total. The second-order valence-electron chi connectivity index (χ2n) is 7.56. The highest BCUT2D eigenvalue weighted by molar-refractivity contribution is 7.17.